The van der Waals surface area contributed by atoms with Crippen LogP contribution in [0.5, 0.6) is 34.5 Å². The van der Waals surface area contributed by atoms with Gasteiger partial charge >= 0.3 is 0 Å². The fraction of sp³-hybridized carbons (Fsp3) is 0. The van der Waals surface area contributed by atoms with E-state index in [9.17, 15) is 57.5 Å². The van der Waals surface area contributed by atoms with Gasteiger partial charge in [-0.05, 0) is 182 Å². The van der Waals surface area contributed by atoms with Crippen molar-refractivity contribution in [2.75, 3.05) is 0 Å². The molecular weight excluding hydrogens is 1120 g/mol. The number of benzene rings is 9. The van der Waals surface area contributed by atoms with Gasteiger partial charge in [0.2, 0.25) is 0 Å². The summed E-state index contributed by atoms with van der Waals surface area (Å²) in [6.45, 7) is 0. The molecule has 0 atom stereocenters. The molecule has 0 N–H and O–H groups in total. The van der Waals surface area contributed by atoms with Crippen LogP contribution in [0.1, 0.15) is 0 Å². The zero-order chi connectivity index (χ0) is 59.6. The summed E-state index contributed by atoms with van der Waals surface area (Å²) in [6.07, 6.45) is 0. The lowest BCUT2D eigenvalue weighted by molar-refractivity contribution is 0.482. The molecule has 7 aliphatic rings. The van der Waals surface area contributed by atoms with Gasteiger partial charge in [0.1, 0.15) is 34.5 Å². The summed E-state index contributed by atoms with van der Waals surface area (Å²) in [5.41, 5.74) is -8.64. The van der Waals surface area contributed by atoms with E-state index in [1.807, 2.05) is 0 Å². The summed E-state index contributed by atoms with van der Waals surface area (Å²) in [7, 11) is 0. The summed E-state index contributed by atoms with van der Waals surface area (Å²) >= 11 is 0. The van der Waals surface area contributed by atoms with E-state index in [1.54, 1.807) is 0 Å². The molecule has 7 aliphatic heterocycles. The van der Waals surface area contributed by atoms with Crippen LogP contribution in [0.15, 0.2) is 240 Å². The Morgan fingerprint density at radius 1 is 0.161 bits per heavy atom. The number of hydrogen-bond donors (Lipinski definition) is 0. The van der Waals surface area contributed by atoms with E-state index in [4.69, 9.17) is 14.2 Å². The first-order chi connectivity index (χ1) is 42.1. The van der Waals surface area contributed by atoms with Crippen molar-refractivity contribution in [3.63, 3.8) is 0 Å². The Bertz CT molecular complexity index is 5270. The van der Waals surface area contributed by atoms with Crippen molar-refractivity contribution < 1.29 is 14.2 Å². The average Bonchev–Trinajstić information content (AvgIpc) is 1.79. The van der Waals surface area contributed by atoms with Crippen molar-refractivity contribution in [2.24, 2.45) is 0 Å². The minimum atomic E-state index is -0.836. The van der Waals surface area contributed by atoms with E-state index < -0.39 is 66.7 Å². The maximum atomic E-state index is 14.2. The molecule has 0 fully saturated rings. The second-order valence-electron chi connectivity index (χ2n) is 20.7. The Morgan fingerprint density at radius 2 is 0.287 bits per heavy atom. The van der Waals surface area contributed by atoms with Gasteiger partial charge in [-0.25, -0.2) is 27.4 Å². The maximum Gasteiger partial charge on any atom is 0.266 e. The topological polar surface area (TPSA) is 262 Å². The second-order valence-corrected chi connectivity index (χ2v) is 20.7. The van der Waals surface area contributed by atoms with Crippen LogP contribution in [-0.4, -0.2) is 27.4 Å². The highest BCUT2D eigenvalue weighted by Gasteiger charge is 2.28. The van der Waals surface area contributed by atoms with Crippen LogP contribution in [0, 0.1) is 0 Å². The fourth-order valence-corrected chi connectivity index (χ4v) is 12.0. The normalized spacial score (nSPS) is 12.3. The Morgan fingerprint density at radius 3 is 0.414 bits per heavy atom. The van der Waals surface area contributed by atoms with E-state index in [-0.39, 0.29) is 133 Å². The largest absolute Gasteiger partial charge is 0.457 e. The molecule has 9 aromatic carbocycles. The van der Waals surface area contributed by atoms with E-state index in [1.165, 1.54) is 182 Å². The second kappa shape index (κ2) is 17.9. The zero-order valence-electron chi connectivity index (χ0n) is 44.1. The van der Waals surface area contributed by atoms with E-state index in [0.717, 1.165) is 27.4 Å². The highest BCUT2D eigenvalue weighted by Crippen LogP contribution is 2.30. The quantitative estimate of drug-likeness (QED) is 0.169. The van der Waals surface area contributed by atoms with Gasteiger partial charge in [0.15, 0.2) is 0 Å². The molecule has 6 aromatic heterocycles. The van der Waals surface area contributed by atoms with Gasteiger partial charge in [0.05, 0.1) is 98.8 Å². The third-order valence-corrected chi connectivity index (χ3v) is 16.0. The van der Waals surface area contributed by atoms with Gasteiger partial charge in [0.25, 0.3) is 66.7 Å². The van der Waals surface area contributed by atoms with E-state index in [0.29, 0.717) is 0 Å². The minimum absolute atomic E-state index is 0.0884. The number of nitrogens with zero attached hydrogens (tertiary/aromatic N) is 6. The molecule has 0 saturated heterocycles. The SMILES string of the molecule is O=c1c2ccc3c(=O)n4c(=O)c3c2c(=O)n1-c1ccc(cc1)Oc1ccc(cc1)-n1c(=O)c2ccc3c(=O)n(c(=O)c3c2c1=O)-c1ccc(cc1)Oc1ccc(cc1)-n1c(=O)c2ccc3c(=O)n(c(=O)c3c2c1=O)-c1ccc(cc1)Oc1ccc-4cc1. The van der Waals surface area contributed by atoms with Gasteiger partial charge in [-0.1, -0.05) is 0 Å². The molecule has 24 bridgehead atoms. The van der Waals surface area contributed by atoms with Crippen LogP contribution < -0.4 is 80.9 Å². The van der Waals surface area contributed by atoms with Crippen molar-refractivity contribution in [1.29, 1.82) is 0 Å². The van der Waals surface area contributed by atoms with Crippen molar-refractivity contribution in [1.82, 2.24) is 27.4 Å². The van der Waals surface area contributed by atoms with Crippen LogP contribution in [0.4, 0.5) is 0 Å². The number of aromatic nitrogens is 6. The van der Waals surface area contributed by atoms with E-state index in [2.05, 4.69) is 0 Å². The van der Waals surface area contributed by atoms with Crippen molar-refractivity contribution in [3.05, 3.63) is 306 Å². The molecule has 0 aliphatic carbocycles. The first-order valence-electron chi connectivity index (χ1n) is 26.6. The molecule has 0 radical (unpaired) electrons. The summed E-state index contributed by atoms with van der Waals surface area (Å²) in [6, 6.07) is 43.3. The number of fused-ring (bicyclic) bond motifs is 6. The molecule has 0 spiro atoms. The smallest absolute Gasteiger partial charge is 0.266 e. The minimum Gasteiger partial charge on any atom is -0.457 e. The third kappa shape index (κ3) is 7.01. The first kappa shape index (κ1) is 50.0. The fourth-order valence-electron chi connectivity index (χ4n) is 12.0. The van der Waals surface area contributed by atoms with Gasteiger partial charge in [-0.2, -0.15) is 0 Å². The molecule has 15 aromatic rings. The average molecular weight is 1150 g/mol. The van der Waals surface area contributed by atoms with Gasteiger partial charge < -0.3 is 14.2 Å². The monoisotopic (exact) mass is 1150 g/mol. The Kier molecular flexibility index (Phi) is 10.3. The zero-order valence-corrected chi connectivity index (χ0v) is 44.1. The number of ether oxygens (including phenoxy) is 3. The lowest BCUT2D eigenvalue weighted by atomic mass is 10.1. The molecule has 87 heavy (non-hydrogen) atoms. The highest BCUT2D eigenvalue weighted by molar-refractivity contribution is 6.09. The Labute approximate surface area is 479 Å². The molecular formula is C66H30N6O15. The summed E-state index contributed by atoms with van der Waals surface area (Å²) in [5.74, 6) is 1.57. The maximum absolute atomic E-state index is 14.2. The standard InChI is InChI=1S/C66H30N6O15/c73-55-43-25-26-44-50-49(43)61(79)67(55)31-1-13-37(14-2-31)85-38-15-3-32(4-16-38)69-57(75)45-27-28-46-52(51(45)63(69)81)64(82)70(58(46)76)34-9-21-41(22-10-34)87-42-23-11-36(12-24-42)72-60(78)48-30-29-47-53(54(48)66(72)84)65(83)71(59(47)77)35-7-19-40(20-8-35)86-39-17-5-33(6-18-39)68(56(44)74)62(50)80/h1-30H. The van der Waals surface area contributed by atoms with Crippen LogP contribution in [0.2, 0.25) is 0 Å². The van der Waals surface area contributed by atoms with Crippen molar-refractivity contribution >= 4 is 64.6 Å². The van der Waals surface area contributed by atoms with Crippen molar-refractivity contribution in [3.8, 4) is 68.6 Å². The Hall–Kier alpha value is -12.8. The molecule has 0 unspecified atom stereocenters. The molecule has 13 heterocycles. The van der Waals surface area contributed by atoms with Gasteiger partial charge in [-0.15, -0.1) is 0 Å². The van der Waals surface area contributed by atoms with Crippen LogP contribution >= 0.6 is 0 Å². The highest BCUT2D eigenvalue weighted by atomic mass is 16.5. The summed E-state index contributed by atoms with van der Waals surface area (Å²) < 4.78 is 23.5. The lowest BCUT2D eigenvalue weighted by Gasteiger charge is -2.08. The molecule has 21 heteroatoms. The molecule has 21 nitrogen and oxygen atoms in total. The van der Waals surface area contributed by atoms with Crippen LogP contribution in [0.25, 0.3) is 98.8 Å². The summed E-state index contributed by atoms with van der Waals surface area (Å²) in [5, 5.41) is -1.98. The van der Waals surface area contributed by atoms with Gasteiger partial charge in [-0.3, -0.25) is 57.5 Å². The number of rotatable bonds is 0. The summed E-state index contributed by atoms with van der Waals surface area (Å²) in [4.78, 5) is 169. The van der Waals surface area contributed by atoms with Crippen molar-refractivity contribution in [2.45, 2.75) is 0 Å². The predicted octanol–water partition coefficient (Wildman–Crippen LogP) is 5.99. The van der Waals surface area contributed by atoms with Crippen LogP contribution in [0.3, 0.4) is 0 Å². The predicted molar refractivity (Wildman–Crippen MR) is 323 cm³/mol. The number of hydrogen-bond acceptors (Lipinski definition) is 15. The van der Waals surface area contributed by atoms with Crippen LogP contribution in [-0.2, 0) is 0 Å². The Balaban J connectivity index is 0.802. The van der Waals surface area contributed by atoms with Gasteiger partial charge in [0, 0.05) is 0 Å². The third-order valence-electron chi connectivity index (χ3n) is 16.0. The molecule has 0 amide bonds. The molecule has 0 saturated carbocycles. The molecule has 22 rings (SSSR count). The van der Waals surface area contributed by atoms with E-state index >= 15 is 0 Å². The lowest BCUT2D eigenvalue weighted by Crippen LogP contribution is -2.24. The first-order valence-corrected chi connectivity index (χ1v) is 26.6. The molecule has 414 valence electrons.